The molecule has 158 valence electrons. The Morgan fingerprint density at radius 3 is 2.41 bits per heavy atom. The van der Waals surface area contributed by atoms with E-state index in [4.69, 9.17) is 9.47 Å². The molecular weight excluding hydrogens is 364 g/mol. The number of hydrogen-bond donors (Lipinski definition) is 0. The van der Waals surface area contributed by atoms with Crippen LogP contribution in [0.5, 0.6) is 0 Å². The van der Waals surface area contributed by atoms with Crippen molar-refractivity contribution < 1.29 is 19.1 Å². The maximum Gasteiger partial charge on any atom is 0.308 e. The van der Waals surface area contributed by atoms with Gasteiger partial charge >= 0.3 is 11.9 Å². The second-order valence-corrected chi connectivity index (χ2v) is 10.1. The fourth-order valence-corrected chi connectivity index (χ4v) is 7.19. The van der Waals surface area contributed by atoms with Crippen molar-refractivity contribution in [1.82, 2.24) is 0 Å². The van der Waals surface area contributed by atoms with Gasteiger partial charge in [0.2, 0.25) is 0 Å². The number of fused-ring (bicyclic) bond motifs is 5. The molecule has 0 amide bonds. The second-order valence-electron chi connectivity index (χ2n) is 10.1. The lowest BCUT2D eigenvalue weighted by atomic mass is 9.47. The molecule has 4 rings (SSSR count). The summed E-state index contributed by atoms with van der Waals surface area (Å²) >= 11 is 0. The minimum Gasteiger partial charge on any atom is -0.462 e. The molecule has 0 heterocycles. The molecule has 0 aromatic rings. The number of rotatable bonds is 3. The first-order valence-corrected chi connectivity index (χ1v) is 11.1. The molecule has 2 saturated carbocycles. The maximum atomic E-state index is 11.4. The fraction of sp³-hybridized carbons (Fsp3) is 0.680. The monoisotopic (exact) mass is 398 g/mol. The van der Waals surface area contributed by atoms with Gasteiger partial charge in [-0.15, -0.1) is 0 Å². The van der Waals surface area contributed by atoms with E-state index in [9.17, 15) is 9.59 Å². The standard InChI is InChI=1S/C25H34O4/c1-15(28-16(2)26)21-8-9-22-20-7-6-18-14-19(29-17(3)27)10-12-24(18,4)23(20)11-13-25(21,22)5/h6,8,19-20,22-23H,1,7,9-14H2,2-5H3/t19-,20+,22+,23+,24-,25+/m0/s1. The highest BCUT2D eigenvalue weighted by Crippen LogP contribution is 2.65. The van der Waals surface area contributed by atoms with Crippen LogP contribution in [-0.4, -0.2) is 18.0 Å². The number of allylic oxidation sites excluding steroid dienone is 3. The summed E-state index contributed by atoms with van der Waals surface area (Å²) < 4.78 is 10.9. The highest BCUT2D eigenvalue weighted by atomic mass is 16.5. The van der Waals surface area contributed by atoms with Crippen molar-refractivity contribution in [3.8, 4) is 0 Å². The summed E-state index contributed by atoms with van der Waals surface area (Å²) in [5.74, 6) is 1.98. The molecule has 0 unspecified atom stereocenters. The van der Waals surface area contributed by atoms with Crippen LogP contribution in [0.2, 0.25) is 0 Å². The lowest BCUT2D eigenvalue weighted by Gasteiger charge is -2.57. The predicted molar refractivity (Wildman–Crippen MR) is 112 cm³/mol. The summed E-state index contributed by atoms with van der Waals surface area (Å²) in [5.41, 5.74) is 2.92. The summed E-state index contributed by atoms with van der Waals surface area (Å²) in [5, 5.41) is 0. The molecule has 4 aliphatic rings. The minimum absolute atomic E-state index is 0.0454. The van der Waals surface area contributed by atoms with Gasteiger partial charge in [0.25, 0.3) is 0 Å². The molecule has 29 heavy (non-hydrogen) atoms. The first kappa shape index (κ1) is 20.4. The largest absolute Gasteiger partial charge is 0.462 e. The molecule has 0 N–H and O–H groups in total. The molecular formula is C25H34O4. The van der Waals surface area contributed by atoms with Crippen LogP contribution < -0.4 is 0 Å². The number of esters is 2. The molecule has 4 heteroatoms. The third kappa shape index (κ3) is 3.29. The quantitative estimate of drug-likeness (QED) is 0.358. The van der Waals surface area contributed by atoms with Crippen molar-refractivity contribution in [3.63, 3.8) is 0 Å². The van der Waals surface area contributed by atoms with Crippen LogP contribution in [0.1, 0.15) is 72.6 Å². The van der Waals surface area contributed by atoms with Crippen LogP contribution in [-0.2, 0) is 19.1 Å². The van der Waals surface area contributed by atoms with Gasteiger partial charge in [-0.2, -0.15) is 0 Å². The van der Waals surface area contributed by atoms with E-state index in [-0.39, 0.29) is 28.9 Å². The molecule has 0 saturated heterocycles. The zero-order chi connectivity index (χ0) is 21.0. The Kier molecular flexibility index (Phi) is 5.03. The lowest BCUT2D eigenvalue weighted by Crippen LogP contribution is -2.50. The van der Waals surface area contributed by atoms with Crippen LogP contribution in [0.3, 0.4) is 0 Å². The van der Waals surface area contributed by atoms with E-state index in [2.05, 4.69) is 32.6 Å². The van der Waals surface area contributed by atoms with Gasteiger partial charge in [0.15, 0.2) is 0 Å². The Labute approximate surface area is 174 Å². The number of carbonyl (C=O) groups is 2. The van der Waals surface area contributed by atoms with Gasteiger partial charge in [-0.25, -0.2) is 0 Å². The summed E-state index contributed by atoms with van der Waals surface area (Å²) in [7, 11) is 0. The van der Waals surface area contributed by atoms with Crippen molar-refractivity contribution in [3.05, 3.63) is 35.6 Å². The normalized spacial score (nSPS) is 40.6. The van der Waals surface area contributed by atoms with E-state index < -0.39 is 0 Å². The molecule has 0 bridgehead atoms. The van der Waals surface area contributed by atoms with Gasteiger partial charge in [0.1, 0.15) is 11.9 Å². The van der Waals surface area contributed by atoms with Crippen molar-refractivity contribution in [1.29, 1.82) is 0 Å². The number of hydrogen-bond acceptors (Lipinski definition) is 4. The third-order valence-corrected chi connectivity index (χ3v) is 8.54. The van der Waals surface area contributed by atoms with Gasteiger partial charge in [0.05, 0.1) is 0 Å². The molecule has 4 aliphatic carbocycles. The molecule has 4 nitrogen and oxygen atoms in total. The van der Waals surface area contributed by atoms with E-state index in [1.807, 2.05) is 0 Å². The second kappa shape index (κ2) is 7.14. The van der Waals surface area contributed by atoms with E-state index in [0.29, 0.717) is 23.5 Å². The Balaban J connectivity index is 1.55. The van der Waals surface area contributed by atoms with Crippen molar-refractivity contribution in [2.24, 2.45) is 28.6 Å². The molecule has 0 radical (unpaired) electrons. The molecule has 0 aromatic carbocycles. The van der Waals surface area contributed by atoms with Crippen LogP contribution >= 0.6 is 0 Å². The van der Waals surface area contributed by atoms with Gasteiger partial charge in [0, 0.05) is 20.3 Å². The third-order valence-electron chi connectivity index (χ3n) is 8.54. The molecule has 6 atom stereocenters. The van der Waals surface area contributed by atoms with Crippen LogP contribution in [0, 0.1) is 28.6 Å². The Hall–Kier alpha value is -1.84. The van der Waals surface area contributed by atoms with Gasteiger partial charge in [-0.3, -0.25) is 9.59 Å². The summed E-state index contributed by atoms with van der Waals surface area (Å²) in [6.07, 6.45) is 12.2. The first-order chi connectivity index (χ1) is 13.6. The average molecular weight is 399 g/mol. The van der Waals surface area contributed by atoms with Crippen molar-refractivity contribution in [2.75, 3.05) is 0 Å². The summed E-state index contributed by atoms with van der Waals surface area (Å²) in [6, 6.07) is 0. The van der Waals surface area contributed by atoms with E-state index in [1.54, 1.807) is 0 Å². The maximum absolute atomic E-state index is 11.4. The molecule has 0 aromatic heterocycles. The van der Waals surface area contributed by atoms with Crippen LogP contribution in [0.4, 0.5) is 0 Å². The van der Waals surface area contributed by atoms with Crippen molar-refractivity contribution >= 4 is 11.9 Å². The molecule has 0 aliphatic heterocycles. The Bertz CT molecular complexity index is 806. The number of carbonyl (C=O) groups excluding carboxylic acids is 2. The molecule has 2 fully saturated rings. The number of ether oxygens (including phenoxy) is 2. The van der Waals surface area contributed by atoms with E-state index >= 15 is 0 Å². The average Bonchev–Trinajstić information content (AvgIpc) is 2.98. The zero-order valence-electron chi connectivity index (χ0n) is 18.3. The van der Waals surface area contributed by atoms with Gasteiger partial charge < -0.3 is 9.47 Å². The Morgan fingerprint density at radius 2 is 1.72 bits per heavy atom. The van der Waals surface area contributed by atoms with E-state index in [1.165, 1.54) is 25.8 Å². The van der Waals surface area contributed by atoms with Crippen molar-refractivity contribution in [2.45, 2.75) is 78.7 Å². The van der Waals surface area contributed by atoms with Gasteiger partial charge in [-0.05, 0) is 72.7 Å². The van der Waals surface area contributed by atoms with Crippen LogP contribution in [0.15, 0.2) is 35.6 Å². The highest BCUT2D eigenvalue weighted by molar-refractivity contribution is 5.68. The minimum atomic E-state index is -0.293. The fourth-order valence-electron chi connectivity index (χ4n) is 7.19. The zero-order valence-corrected chi connectivity index (χ0v) is 18.3. The lowest BCUT2D eigenvalue weighted by molar-refractivity contribution is -0.148. The van der Waals surface area contributed by atoms with Gasteiger partial charge in [-0.1, -0.05) is 38.2 Å². The topological polar surface area (TPSA) is 52.6 Å². The Morgan fingerprint density at radius 1 is 1.00 bits per heavy atom. The predicted octanol–water partition coefficient (Wildman–Crippen LogP) is 5.49. The smallest absolute Gasteiger partial charge is 0.308 e. The SMILES string of the molecule is C=C(OC(C)=O)C1=CC[C@@H]2[C@H]3CC=C4C[C@@H](OC(C)=O)CC[C@]4(C)[C@@H]3CC[C@]12C. The van der Waals surface area contributed by atoms with E-state index in [0.717, 1.165) is 44.1 Å². The first-order valence-electron chi connectivity index (χ1n) is 11.1. The summed E-state index contributed by atoms with van der Waals surface area (Å²) in [6.45, 7) is 11.8. The molecule has 0 spiro atoms. The highest BCUT2D eigenvalue weighted by Gasteiger charge is 2.57. The summed E-state index contributed by atoms with van der Waals surface area (Å²) in [4.78, 5) is 22.9. The van der Waals surface area contributed by atoms with Crippen LogP contribution in [0.25, 0.3) is 0 Å².